The molecule has 0 fully saturated rings. The minimum absolute atomic E-state index is 0.175. The Kier molecular flexibility index (Phi) is 6.08. The van der Waals surface area contributed by atoms with Crippen LogP contribution in [0.5, 0.6) is 11.5 Å². The van der Waals surface area contributed by atoms with Crippen LogP contribution >= 0.6 is 27.5 Å². The lowest BCUT2D eigenvalue weighted by atomic mass is 10.0. The molecule has 0 unspecified atom stereocenters. The molecule has 3 nitrogen and oxygen atoms in total. The van der Waals surface area contributed by atoms with Gasteiger partial charge in [0.1, 0.15) is 11.5 Å². The van der Waals surface area contributed by atoms with Crippen molar-refractivity contribution in [3.8, 4) is 11.5 Å². The van der Waals surface area contributed by atoms with Crippen LogP contribution in [0, 0.1) is 6.92 Å². The van der Waals surface area contributed by atoms with Crippen LogP contribution in [0.2, 0.25) is 5.02 Å². The van der Waals surface area contributed by atoms with Crippen molar-refractivity contribution in [3.63, 3.8) is 0 Å². The summed E-state index contributed by atoms with van der Waals surface area (Å²) in [6.07, 6.45) is 0. The van der Waals surface area contributed by atoms with Crippen molar-refractivity contribution in [2.75, 3.05) is 6.61 Å². The van der Waals surface area contributed by atoms with Gasteiger partial charge in [0.2, 0.25) is 0 Å². The smallest absolute Gasteiger partial charge is 0.349 e. The summed E-state index contributed by atoms with van der Waals surface area (Å²) in [6.45, 7) is 5.90. The van der Waals surface area contributed by atoms with Crippen molar-refractivity contribution in [1.29, 1.82) is 0 Å². The lowest BCUT2D eigenvalue weighted by Gasteiger charge is -2.14. The van der Waals surface area contributed by atoms with Gasteiger partial charge in [-0.1, -0.05) is 37.6 Å². The van der Waals surface area contributed by atoms with E-state index in [0.717, 1.165) is 11.1 Å². The third-order valence-electron chi connectivity index (χ3n) is 3.25. The van der Waals surface area contributed by atoms with Gasteiger partial charge in [-0.3, -0.25) is 0 Å². The molecule has 0 N–H and O–H groups in total. The maximum Gasteiger partial charge on any atom is 0.349 e. The highest BCUT2D eigenvalue weighted by atomic mass is 79.9. The second-order valence-electron chi connectivity index (χ2n) is 5.53. The summed E-state index contributed by atoms with van der Waals surface area (Å²) >= 11 is 9.21. The number of ether oxygens (including phenoxy) is 2. The molecule has 5 heteroatoms. The molecule has 0 spiro atoms. The van der Waals surface area contributed by atoms with Crippen molar-refractivity contribution in [2.24, 2.45) is 0 Å². The van der Waals surface area contributed by atoms with Crippen molar-refractivity contribution < 1.29 is 14.3 Å². The van der Waals surface area contributed by atoms with E-state index in [1.165, 1.54) is 0 Å². The number of rotatable bonds is 5. The van der Waals surface area contributed by atoms with Crippen molar-refractivity contribution >= 4 is 33.5 Å². The standard InChI is InChI=1S/C18H18BrClO3/c1-11(2)14-6-4-12(3)8-17(14)23-18(21)10-22-16-7-5-13(20)9-15(16)19/h4-9,11H,10H2,1-3H3. The molecule has 2 rings (SSSR count). The minimum atomic E-state index is -0.445. The molecule has 0 aliphatic heterocycles. The van der Waals surface area contributed by atoms with E-state index in [1.54, 1.807) is 18.2 Å². The summed E-state index contributed by atoms with van der Waals surface area (Å²) in [5.41, 5.74) is 2.04. The Bertz CT molecular complexity index is 713. The van der Waals surface area contributed by atoms with Crippen LogP contribution < -0.4 is 9.47 Å². The first-order valence-corrected chi connectivity index (χ1v) is 8.43. The summed E-state index contributed by atoms with van der Waals surface area (Å²) in [5.74, 6) is 0.951. The van der Waals surface area contributed by atoms with Gasteiger partial charge in [-0.25, -0.2) is 4.79 Å². The fraction of sp³-hybridized carbons (Fsp3) is 0.278. The van der Waals surface area contributed by atoms with Crippen LogP contribution in [-0.4, -0.2) is 12.6 Å². The molecule has 0 heterocycles. The number of benzene rings is 2. The summed E-state index contributed by atoms with van der Waals surface area (Å²) in [5, 5.41) is 0.591. The molecular weight excluding hydrogens is 380 g/mol. The first kappa shape index (κ1) is 17.8. The highest BCUT2D eigenvalue weighted by Gasteiger charge is 2.13. The quantitative estimate of drug-likeness (QED) is 0.492. The third-order valence-corrected chi connectivity index (χ3v) is 4.11. The topological polar surface area (TPSA) is 35.5 Å². The summed E-state index contributed by atoms with van der Waals surface area (Å²) in [7, 11) is 0. The Morgan fingerprint density at radius 3 is 2.57 bits per heavy atom. The average Bonchev–Trinajstić information content (AvgIpc) is 2.46. The van der Waals surface area contributed by atoms with Crippen molar-refractivity contribution in [2.45, 2.75) is 26.7 Å². The second-order valence-corrected chi connectivity index (χ2v) is 6.82. The fourth-order valence-electron chi connectivity index (χ4n) is 2.09. The minimum Gasteiger partial charge on any atom is -0.481 e. The monoisotopic (exact) mass is 396 g/mol. The van der Waals surface area contributed by atoms with E-state index in [9.17, 15) is 4.79 Å². The molecule has 0 radical (unpaired) electrons. The van der Waals surface area contributed by atoms with E-state index in [2.05, 4.69) is 29.8 Å². The fourth-order valence-corrected chi connectivity index (χ4v) is 2.89. The molecule has 0 saturated carbocycles. The molecule has 0 atom stereocenters. The molecular formula is C18H18BrClO3. The largest absolute Gasteiger partial charge is 0.481 e. The second kappa shape index (κ2) is 7.84. The van der Waals surface area contributed by atoms with Crippen LogP contribution in [-0.2, 0) is 4.79 Å². The molecule has 23 heavy (non-hydrogen) atoms. The molecule has 0 amide bonds. The van der Waals surface area contributed by atoms with Crippen LogP contribution in [0.25, 0.3) is 0 Å². The molecule has 0 bridgehead atoms. The SMILES string of the molecule is Cc1ccc(C(C)C)c(OC(=O)COc2ccc(Cl)cc2Br)c1. The van der Waals surface area contributed by atoms with Crippen LogP contribution in [0.1, 0.15) is 30.9 Å². The Morgan fingerprint density at radius 2 is 1.91 bits per heavy atom. The maximum absolute atomic E-state index is 12.1. The summed E-state index contributed by atoms with van der Waals surface area (Å²) in [6, 6.07) is 11.0. The van der Waals surface area contributed by atoms with E-state index in [1.807, 2.05) is 25.1 Å². The van der Waals surface area contributed by atoms with Crippen LogP contribution in [0.4, 0.5) is 0 Å². The molecule has 0 saturated heterocycles. The molecule has 2 aromatic carbocycles. The Hall–Kier alpha value is -1.52. The van der Waals surface area contributed by atoms with E-state index in [4.69, 9.17) is 21.1 Å². The van der Waals surface area contributed by atoms with E-state index < -0.39 is 5.97 Å². The number of halogens is 2. The van der Waals surface area contributed by atoms with Gasteiger partial charge in [-0.2, -0.15) is 0 Å². The zero-order chi connectivity index (χ0) is 17.0. The number of hydrogen-bond acceptors (Lipinski definition) is 3. The number of carbonyl (C=O) groups excluding carboxylic acids is 1. The van der Waals surface area contributed by atoms with Crippen LogP contribution in [0.15, 0.2) is 40.9 Å². The first-order chi connectivity index (χ1) is 10.9. The Balaban J connectivity index is 2.04. The molecule has 2 aromatic rings. The van der Waals surface area contributed by atoms with E-state index in [-0.39, 0.29) is 12.5 Å². The van der Waals surface area contributed by atoms with Gasteiger partial charge < -0.3 is 9.47 Å². The molecule has 0 aromatic heterocycles. The van der Waals surface area contributed by atoms with Crippen LogP contribution in [0.3, 0.4) is 0 Å². The van der Waals surface area contributed by atoms with E-state index >= 15 is 0 Å². The number of hydrogen-bond donors (Lipinski definition) is 0. The molecule has 0 aliphatic rings. The van der Waals surface area contributed by atoms with Gasteiger partial charge in [0.05, 0.1) is 4.47 Å². The van der Waals surface area contributed by atoms with Gasteiger partial charge >= 0.3 is 5.97 Å². The summed E-state index contributed by atoms with van der Waals surface area (Å²) in [4.78, 5) is 12.1. The normalized spacial score (nSPS) is 10.7. The predicted octanol–water partition coefficient (Wildman–Crippen LogP) is 5.52. The average molecular weight is 398 g/mol. The number of aryl methyl sites for hydroxylation is 1. The van der Waals surface area contributed by atoms with Crippen molar-refractivity contribution in [3.05, 3.63) is 57.0 Å². The number of carbonyl (C=O) groups is 1. The van der Waals surface area contributed by atoms with E-state index in [0.29, 0.717) is 21.0 Å². The van der Waals surface area contributed by atoms with Gasteiger partial charge in [0.25, 0.3) is 0 Å². The predicted molar refractivity (Wildman–Crippen MR) is 95.6 cm³/mol. The van der Waals surface area contributed by atoms with Gasteiger partial charge in [0.15, 0.2) is 6.61 Å². The van der Waals surface area contributed by atoms with Gasteiger partial charge in [0, 0.05) is 5.02 Å². The van der Waals surface area contributed by atoms with Gasteiger partial charge in [-0.15, -0.1) is 0 Å². The molecule has 0 aliphatic carbocycles. The van der Waals surface area contributed by atoms with Gasteiger partial charge in [-0.05, 0) is 64.2 Å². The van der Waals surface area contributed by atoms with Crippen molar-refractivity contribution in [1.82, 2.24) is 0 Å². The number of esters is 1. The molecule has 122 valence electrons. The maximum atomic E-state index is 12.1. The highest BCUT2D eigenvalue weighted by Crippen LogP contribution is 2.29. The zero-order valence-electron chi connectivity index (χ0n) is 13.2. The lowest BCUT2D eigenvalue weighted by Crippen LogP contribution is -2.18. The first-order valence-electron chi connectivity index (χ1n) is 7.26. The Labute approximate surface area is 149 Å². The lowest BCUT2D eigenvalue weighted by molar-refractivity contribution is -0.136. The highest BCUT2D eigenvalue weighted by molar-refractivity contribution is 9.10. The summed E-state index contributed by atoms with van der Waals surface area (Å²) < 4.78 is 11.6. The third kappa shape index (κ3) is 4.98. The zero-order valence-corrected chi connectivity index (χ0v) is 15.6. The Morgan fingerprint density at radius 1 is 1.17 bits per heavy atom.